The average molecular weight is 276 g/mol. The van der Waals surface area contributed by atoms with E-state index in [4.69, 9.17) is 0 Å². The number of unbranched alkanes of at least 4 members (excludes halogenated alkanes) is 1. The van der Waals surface area contributed by atoms with Crippen LogP contribution in [0.2, 0.25) is 0 Å². The van der Waals surface area contributed by atoms with Crippen molar-refractivity contribution in [3.63, 3.8) is 0 Å². The molecule has 0 radical (unpaired) electrons. The standard InChI is InChI=1S/C16H24N2O2/c1-5-6-10-17-15(19)16(20)18-14-12(4)8-7-9-13(14)11(2)3/h7-9,11H,5-6,10H2,1-4H3,(H,17,19)(H,18,20). The number of amides is 2. The molecule has 20 heavy (non-hydrogen) atoms. The van der Waals surface area contributed by atoms with E-state index in [0.717, 1.165) is 29.7 Å². The summed E-state index contributed by atoms with van der Waals surface area (Å²) >= 11 is 0. The zero-order valence-electron chi connectivity index (χ0n) is 12.7. The SMILES string of the molecule is CCCCNC(=O)C(=O)Nc1c(C)cccc1C(C)C. The summed E-state index contributed by atoms with van der Waals surface area (Å²) in [7, 11) is 0. The van der Waals surface area contributed by atoms with E-state index in [1.165, 1.54) is 0 Å². The van der Waals surface area contributed by atoms with Crippen molar-refractivity contribution in [3.8, 4) is 0 Å². The van der Waals surface area contributed by atoms with Crippen LogP contribution < -0.4 is 10.6 Å². The van der Waals surface area contributed by atoms with Crippen molar-refractivity contribution in [1.82, 2.24) is 5.32 Å². The molecule has 0 bridgehead atoms. The molecule has 0 aliphatic rings. The van der Waals surface area contributed by atoms with E-state index < -0.39 is 11.8 Å². The molecule has 0 atom stereocenters. The maximum atomic E-state index is 11.9. The summed E-state index contributed by atoms with van der Waals surface area (Å²) in [4.78, 5) is 23.6. The number of para-hydroxylation sites is 1. The van der Waals surface area contributed by atoms with Crippen molar-refractivity contribution in [2.24, 2.45) is 0 Å². The third-order valence-corrected chi connectivity index (χ3v) is 3.19. The molecule has 4 nitrogen and oxygen atoms in total. The smallest absolute Gasteiger partial charge is 0.313 e. The Balaban J connectivity index is 2.77. The summed E-state index contributed by atoms with van der Waals surface area (Å²) < 4.78 is 0. The Hall–Kier alpha value is -1.84. The van der Waals surface area contributed by atoms with Gasteiger partial charge in [0.2, 0.25) is 0 Å². The first-order valence-corrected chi connectivity index (χ1v) is 7.16. The van der Waals surface area contributed by atoms with E-state index in [1.54, 1.807) is 0 Å². The average Bonchev–Trinajstić information content (AvgIpc) is 2.40. The third-order valence-electron chi connectivity index (χ3n) is 3.19. The number of carbonyl (C=O) groups is 2. The Morgan fingerprint density at radius 2 is 1.90 bits per heavy atom. The van der Waals surface area contributed by atoms with Crippen molar-refractivity contribution in [3.05, 3.63) is 29.3 Å². The Kier molecular flexibility index (Phi) is 6.22. The van der Waals surface area contributed by atoms with Gasteiger partial charge in [-0.3, -0.25) is 9.59 Å². The largest absolute Gasteiger partial charge is 0.348 e. The molecule has 0 saturated heterocycles. The van der Waals surface area contributed by atoms with E-state index in [9.17, 15) is 9.59 Å². The number of anilines is 1. The molecule has 0 aromatic heterocycles. The number of hydrogen-bond donors (Lipinski definition) is 2. The lowest BCUT2D eigenvalue weighted by molar-refractivity contribution is -0.136. The quantitative estimate of drug-likeness (QED) is 0.641. The molecule has 2 amide bonds. The fourth-order valence-corrected chi connectivity index (χ4v) is 1.97. The molecule has 1 rings (SSSR count). The van der Waals surface area contributed by atoms with Gasteiger partial charge in [0, 0.05) is 12.2 Å². The fourth-order valence-electron chi connectivity index (χ4n) is 1.97. The van der Waals surface area contributed by atoms with Gasteiger partial charge in [-0.05, 0) is 30.4 Å². The fraction of sp³-hybridized carbons (Fsp3) is 0.500. The summed E-state index contributed by atoms with van der Waals surface area (Å²) in [6, 6.07) is 5.86. The van der Waals surface area contributed by atoms with Gasteiger partial charge in [-0.25, -0.2) is 0 Å². The van der Waals surface area contributed by atoms with Crippen LogP contribution in [0.3, 0.4) is 0 Å². The zero-order valence-corrected chi connectivity index (χ0v) is 12.7. The summed E-state index contributed by atoms with van der Waals surface area (Å²) in [6.45, 7) is 8.62. The van der Waals surface area contributed by atoms with Crippen LogP contribution in [0.4, 0.5) is 5.69 Å². The molecule has 4 heteroatoms. The number of hydrogen-bond acceptors (Lipinski definition) is 2. The van der Waals surface area contributed by atoms with Crippen molar-refractivity contribution in [2.75, 3.05) is 11.9 Å². The predicted octanol–water partition coefficient (Wildman–Crippen LogP) is 2.97. The first-order valence-electron chi connectivity index (χ1n) is 7.16. The summed E-state index contributed by atoms with van der Waals surface area (Å²) in [5, 5.41) is 5.36. The number of carbonyl (C=O) groups excluding carboxylic acids is 2. The second-order valence-electron chi connectivity index (χ2n) is 5.26. The van der Waals surface area contributed by atoms with Gasteiger partial charge in [0.1, 0.15) is 0 Å². The summed E-state index contributed by atoms with van der Waals surface area (Å²) in [5.74, 6) is -0.887. The summed E-state index contributed by atoms with van der Waals surface area (Å²) in [6.07, 6.45) is 1.86. The molecule has 0 unspecified atom stereocenters. The molecule has 2 N–H and O–H groups in total. The maximum absolute atomic E-state index is 11.9. The van der Waals surface area contributed by atoms with Crippen LogP contribution in [0.1, 0.15) is 50.7 Å². The third kappa shape index (κ3) is 4.37. The van der Waals surface area contributed by atoms with Crippen LogP contribution in [0.15, 0.2) is 18.2 Å². The molecular weight excluding hydrogens is 252 g/mol. The van der Waals surface area contributed by atoms with E-state index in [2.05, 4.69) is 24.5 Å². The van der Waals surface area contributed by atoms with Gasteiger partial charge in [0.25, 0.3) is 0 Å². The Morgan fingerprint density at radius 3 is 2.50 bits per heavy atom. The minimum Gasteiger partial charge on any atom is -0.348 e. The highest BCUT2D eigenvalue weighted by Gasteiger charge is 2.17. The van der Waals surface area contributed by atoms with E-state index in [0.29, 0.717) is 6.54 Å². The van der Waals surface area contributed by atoms with Crippen LogP contribution in [-0.4, -0.2) is 18.4 Å². The topological polar surface area (TPSA) is 58.2 Å². The molecular formula is C16H24N2O2. The lowest BCUT2D eigenvalue weighted by atomic mass is 9.98. The number of nitrogens with one attached hydrogen (secondary N) is 2. The first-order chi connectivity index (χ1) is 9.47. The first kappa shape index (κ1) is 16.2. The minimum absolute atomic E-state index is 0.286. The molecule has 0 heterocycles. The van der Waals surface area contributed by atoms with Crippen LogP contribution in [-0.2, 0) is 9.59 Å². The zero-order chi connectivity index (χ0) is 15.1. The van der Waals surface area contributed by atoms with E-state index >= 15 is 0 Å². The van der Waals surface area contributed by atoms with E-state index in [-0.39, 0.29) is 5.92 Å². The molecule has 110 valence electrons. The highest BCUT2D eigenvalue weighted by molar-refractivity contribution is 6.39. The van der Waals surface area contributed by atoms with Gasteiger partial charge in [0.05, 0.1) is 0 Å². The van der Waals surface area contributed by atoms with E-state index in [1.807, 2.05) is 32.0 Å². The highest BCUT2D eigenvalue weighted by Crippen LogP contribution is 2.27. The highest BCUT2D eigenvalue weighted by atomic mass is 16.2. The van der Waals surface area contributed by atoms with Gasteiger partial charge in [0.15, 0.2) is 0 Å². The van der Waals surface area contributed by atoms with Gasteiger partial charge in [-0.2, -0.15) is 0 Å². The van der Waals surface area contributed by atoms with Crippen LogP contribution in [0, 0.1) is 6.92 Å². The lowest BCUT2D eigenvalue weighted by Gasteiger charge is -2.16. The lowest BCUT2D eigenvalue weighted by Crippen LogP contribution is -2.36. The minimum atomic E-state index is -0.600. The van der Waals surface area contributed by atoms with Gasteiger partial charge >= 0.3 is 11.8 Å². The number of aryl methyl sites for hydroxylation is 1. The van der Waals surface area contributed by atoms with Gasteiger partial charge in [-0.1, -0.05) is 45.4 Å². The normalized spacial score (nSPS) is 10.4. The van der Waals surface area contributed by atoms with Gasteiger partial charge < -0.3 is 10.6 Å². The van der Waals surface area contributed by atoms with Crippen LogP contribution >= 0.6 is 0 Å². The van der Waals surface area contributed by atoms with Crippen molar-refractivity contribution >= 4 is 17.5 Å². The van der Waals surface area contributed by atoms with Crippen molar-refractivity contribution in [1.29, 1.82) is 0 Å². The van der Waals surface area contributed by atoms with Gasteiger partial charge in [-0.15, -0.1) is 0 Å². The van der Waals surface area contributed by atoms with Crippen LogP contribution in [0.25, 0.3) is 0 Å². The number of rotatable bonds is 5. The molecule has 0 spiro atoms. The summed E-state index contributed by atoms with van der Waals surface area (Å²) in [5.41, 5.74) is 2.75. The Morgan fingerprint density at radius 1 is 1.20 bits per heavy atom. The molecule has 0 aliphatic heterocycles. The monoisotopic (exact) mass is 276 g/mol. The molecule has 0 saturated carbocycles. The Labute approximate surface area is 121 Å². The second-order valence-corrected chi connectivity index (χ2v) is 5.26. The van der Waals surface area contributed by atoms with Crippen LogP contribution in [0.5, 0.6) is 0 Å². The van der Waals surface area contributed by atoms with Crippen molar-refractivity contribution in [2.45, 2.75) is 46.5 Å². The molecule has 0 aliphatic carbocycles. The molecule has 1 aromatic rings. The van der Waals surface area contributed by atoms with Crippen molar-refractivity contribution < 1.29 is 9.59 Å². The maximum Gasteiger partial charge on any atom is 0.313 e. The Bertz CT molecular complexity index is 481. The molecule has 0 fully saturated rings. The second kappa shape index (κ2) is 7.68. The number of benzene rings is 1. The predicted molar refractivity (Wildman–Crippen MR) is 81.8 cm³/mol. The molecule has 1 aromatic carbocycles.